The Morgan fingerprint density at radius 3 is 2.20 bits per heavy atom. The van der Waals surface area contributed by atoms with Gasteiger partial charge in [0.1, 0.15) is 5.88 Å². The van der Waals surface area contributed by atoms with E-state index >= 15 is 0 Å². The fourth-order valence-electron chi connectivity index (χ4n) is 1.25. The smallest absolute Gasteiger partial charge is 0.191 e. The Kier molecular flexibility index (Phi) is 4.29. The third-order valence-corrected chi connectivity index (χ3v) is 3.81. The van der Waals surface area contributed by atoms with Gasteiger partial charge in [-0.05, 0) is 30.7 Å². The van der Waals surface area contributed by atoms with Crippen LogP contribution in [0.1, 0.15) is 19.4 Å². The summed E-state index contributed by atoms with van der Waals surface area (Å²) in [6.45, 7) is 4.59. The maximum absolute atomic E-state index is 11.7. The Morgan fingerprint density at radius 2 is 1.73 bits per heavy atom. The molecule has 0 atom stereocenters. The van der Waals surface area contributed by atoms with E-state index in [9.17, 15) is 8.42 Å². The van der Waals surface area contributed by atoms with Crippen molar-refractivity contribution in [3.63, 3.8) is 0 Å². The first-order valence-corrected chi connectivity index (χ1v) is 6.77. The molecule has 0 aliphatic rings. The molecular weight excluding hydrogens is 210 g/mol. The van der Waals surface area contributed by atoms with Crippen molar-refractivity contribution in [3.8, 4) is 0 Å². The second kappa shape index (κ2) is 5.28. The van der Waals surface area contributed by atoms with Gasteiger partial charge in [0.25, 0.3) is 0 Å². The van der Waals surface area contributed by atoms with Crippen LogP contribution < -0.4 is 5.32 Å². The summed E-state index contributed by atoms with van der Waals surface area (Å²) in [6, 6.07) is 7.06. The molecule has 4 heteroatoms. The molecule has 15 heavy (non-hydrogen) atoms. The van der Waals surface area contributed by atoms with E-state index in [1.165, 1.54) is 0 Å². The molecular formula is C11H17NO2S. The molecule has 3 nitrogen and oxygen atoms in total. The second-order valence-electron chi connectivity index (χ2n) is 3.36. The van der Waals surface area contributed by atoms with Gasteiger partial charge in [-0.2, -0.15) is 0 Å². The number of sulfone groups is 1. The van der Waals surface area contributed by atoms with Gasteiger partial charge in [-0.1, -0.05) is 26.0 Å². The third kappa shape index (κ3) is 3.32. The predicted molar refractivity (Wildman–Crippen MR) is 61.5 cm³/mol. The van der Waals surface area contributed by atoms with Crippen LogP contribution in [0, 0.1) is 0 Å². The molecule has 1 aromatic carbocycles. The van der Waals surface area contributed by atoms with Crippen molar-refractivity contribution in [3.05, 3.63) is 29.8 Å². The van der Waals surface area contributed by atoms with Crippen molar-refractivity contribution in [1.82, 2.24) is 5.32 Å². The maximum Gasteiger partial charge on any atom is 0.191 e. The first-order chi connectivity index (χ1) is 7.10. The zero-order valence-electron chi connectivity index (χ0n) is 9.16. The number of aryl methyl sites for hydroxylation is 1. The van der Waals surface area contributed by atoms with E-state index in [0.29, 0.717) is 11.4 Å². The predicted octanol–water partition coefficient (Wildman–Crippen LogP) is 1.59. The molecule has 1 aromatic rings. The lowest BCUT2D eigenvalue weighted by Crippen LogP contribution is -2.22. The molecule has 0 radical (unpaired) electrons. The van der Waals surface area contributed by atoms with E-state index in [0.717, 1.165) is 12.0 Å². The lowest BCUT2D eigenvalue weighted by atomic mass is 10.2. The zero-order valence-corrected chi connectivity index (χ0v) is 9.97. The van der Waals surface area contributed by atoms with Crippen molar-refractivity contribution in [2.45, 2.75) is 25.2 Å². The molecule has 0 bridgehead atoms. The summed E-state index contributed by atoms with van der Waals surface area (Å²) in [5, 5.41) is 2.83. The number of hydrogen-bond donors (Lipinski definition) is 1. The third-order valence-electron chi connectivity index (χ3n) is 2.23. The Balaban J connectivity index is 2.86. The number of rotatable bonds is 5. The minimum absolute atomic E-state index is 0.00890. The normalized spacial score (nSPS) is 11.6. The van der Waals surface area contributed by atoms with Gasteiger partial charge in [-0.3, -0.25) is 0 Å². The van der Waals surface area contributed by atoms with Crippen LogP contribution in [-0.4, -0.2) is 20.8 Å². The molecule has 1 N–H and O–H groups in total. The first-order valence-electron chi connectivity index (χ1n) is 5.12. The molecule has 0 aromatic heterocycles. The lowest BCUT2D eigenvalue weighted by molar-refractivity contribution is 0.588. The Bertz CT molecular complexity index is 395. The highest BCUT2D eigenvalue weighted by Crippen LogP contribution is 2.11. The fourth-order valence-corrected chi connectivity index (χ4v) is 2.44. The van der Waals surface area contributed by atoms with Crippen LogP contribution in [0.25, 0.3) is 0 Å². The van der Waals surface area contributed by atoms with Crippen molar-refractivity contribution in [1.29, 1.82) is 0 Å². The van der Waals surface area contributed by atoms with E-state index in [1.54, 1.807) is 12.1 Å². The molecule has 1 rings (SSSR count). The SMILES string of the molecule is CCNCS(=O)(=O)c1ccc(CC)cc1. The summed E-state index contributed by atoms with van der Waals surface area (Å²) in [5.41, 5.74) is 1.15. The van der Waals surface area contributed by atoms with Gasteiger partial charge < -0.3 is 5.32 Å². The highest BCUT2D eigenvalue weighted by atomic mass is 32.2. The summed E-state index contributed by atoms with van der Waals surface area (Å²) < 4.78 is 23.5. The highest BCUT2D eigenvalue weighted by molar-refractivity contribution is 7.91. The van der Waals surface area contributed by atoms with E-state index < -0.39 is 9.84 Å². The van der Waals surface area contributed by atoms with Crippen LogP contribution in [0.2, 0.25) is 0 Å². The second-order valence-corrected chi connectivity index (χ2v) is 5.35. The molecule has 0 aliphatic heterocycles. The molecule has 0 fully saturated rings. The standard InChI is InChI=1S/C11H17NO2S/c1-3-10-5-7-11(8-6-10)15(13,14)9-12-4-2/h5-8,12H,3-4,9H2,1-2H3. The maximum atomic E-state index is 11.7. The quantitative estimate of drug-likeness (QED) is 0.831. The molecule has 0 saturated heterocycles. The Hall–Kier alpha value is -0.870. The van der Waals surface area contributed by atoms with Crippen molar-refractivity contribution < 1.29 is 8.42 Å². The minimum Gasteiger partial charge on any atom is -0.304 e. The summed E-state index contributed by atoms with van der Waals surface area (Å²) in [7, 11) is -3.16. The average Bonchev–Trinajstić information content (AvgIpc) is 2.26. The highest BCUT2D eigenvalue weighted by Gasteiger charge is 2.12. The Morgan fingerprint density at radius 1 is 1.13 bits per heavy atom. The van der Waals surface area contributed by atoms with Crippen LogP contribution in [0.3, 0.4) is 0 Å². The molecule has 0 aliphatic carbocycles. The van der Waals surface area contributed by atoms with Gasteiger partial charge in [-0.15, -0.1) is 0 Å². The lowest BCUT2D eigenvalue weighted by Gasteiger charge is -2.05. The monoisotopic (exact) mass is 227 g/mol. The van der Waals surface area contributed by atoms with Crippen LogP contribution in [0.5, 0.6) is 0 Å². The van der Waals surface area contributed by atoms with Crippen LogP contribution in [0.4, 0.5) is 0 Å². The van der Waals surface area contributed by atoms with Crippen LogP contribution in [0.15, 0.2) is 29.2 Å². The van der Waals surface area contributed by atoms with E-state index in [4.69, 9.17) is 0 Å². The molecule has 0 spiro atoms. The van der Waals surface area contributed by atoms with E-state index in [1.807, 2.05) is 26.0 Å². The van der Waals surface area contributed by atoms with Crippen LogP contribution >= 0.6 is 0 Å². The van der Waals surface area contributed by atoms with Gasteiger partial charge in [0.15, 0.2) is 9.84 Å². The van der Waals surface area contributed by atoms with Crippen molar-refractivity contribution in [2.24, 2.45) is 0 Å². The minimum atomic E-state index is -3.16. The summed E-state index contributed by atoms with van der Waals surface area (Å²) in [5.74, 6) is 0.00890. The summed E-state index contributed by atoms with van der Waals surface area (Å²) >= 11 is 0. The van der Waals surface area contributed by atoms with Gasteiger partial charge in [0.05, 0.1) is 4.90 Å². The molecule has 0 unspecified atom stereocenters. The number of nitrogens with one attached hydrogen (secondary N) is 1. The molecule has 0 amide bonds. The van der Waals surface area contributed by atoms with Crippen molar-refractivity contribution >= 4 is 9.84 Å². The fraction of sp³-hybridized carbons (Fsp3) is 0.455. The zero-order chi connectivity index (χ0) is 11.3. The van der Waals surface area contributed by atoms with E-state index in [2.05, 4.69) is 5.32 Å². The van der Waals surface area contributed by atoms with Gasteiger partial charge in [-0.25, -0.2) is 8.42 Å². The summed E-state index contributed by atoms with van der Waals surface area (Å²) in [4.78, 5) is 0.389. The number of hydrogen-bond acceptors (Lipinski definition) is 3. The first kappa shape index (κ1) is 12.2. The summed E-state index contributed by atoms with van der Waals surface area (Å²) in [6.07, 6.45) is 0.924. The van der Waals surface area contributed by atoms with Gasteiger partial charge in [0, 0.05) is 0 Å². The molecule has 0 heterocycles. The van der Waals surface area contributed by atoms with Gasteiger partial charge in [0.2, 0.25) is 0 Å². The number of benzene rings is 1. The average molecular weight is 227 g/mol. The van der Waals surface area contributed by atoms with E-state index in [-0.39, 0.29) is 5.88 Å². The largest absolute Gasteiger partial charge is 0.304 e. The Labute approximate surface area is 91.4 Å². The molecule has 84 valence electrons. The topological polar surface area (TPSA) is 46.2 Å². The van der Waals surface area contributed by atoms with Gasteiger partial charge >= 0.3 is 0 Å². The molecule has 0 saturated carbocycles. The van der Waals surface area contributed by atoms with Crippen LogP contribution in [-0.2, 0) is 16.3 Å². The van der Waals surface area contributed by atoms with Crippen molar-refractivity contribution in [2.75, 3.05) is 12.4 Å².